The molecule has 1 aromatic heterocycles. The van der Waals surface area contributed by atoms with Crippen molar-refractivity contribution in [2.75, 3.05) is 0 Å². The first-order valence-electron chi connectivity index (χ1n) is 4.44. The first-order valence-corrected chi connectivity index (χ1v) is 5.23. The Balaban J connectivity index is 1.98. The molecule has 0 amide bonds. The number of aryl methyl sites for hydroxylation is 2. The van der Waals surface area contributed by atoms with E-state index in [1.165, 1.54) is 5.56 Å². The number of benzene rings is 1. The number of aromatic amines is 1. The minimum atomic E-state index is 0.924. The van der Waals surface area contributed by atoms with Crippen LogP contribution in [0.3, 0.4) is 0 Å². The molecule has 1 heterocycles. The van der Waals surface area contributed by atoms with E-state index in [-0.39, 0.29) is 0 Å². The molecule has 0 aliphatic heterocycles. The molecule has 0 bridgehead atoms. The highest BCUT2D eigenvalue weighted by atomic mass is 79.9. The Kier molecular flexibility index (Phi) is 2.93. The molecule has 0 unspecified atom stereocenters. The number of nitrogens with zero attached hydrogens (tertiary/aromatic N) is 2. The second-order valence-corrected chi connectivity index (χ2v) is 4.01. The van der Waals surface area contributed by atoms with Crippen molar-refractivity contribution in [3.05, 3.63) is 46.2 Å². The fourth-order valence-electron chi connectivity index (χ4n) is 1.31. The third kappa shape index (κ3) is 2.42. The zero-order valence-corrected chi connectivity index (χ0v) is 9.16. The van der Waals surface area contributed by atoms with E-state index in [9.17, 15) is 0 Å². The molecule has 1 aromatic carbocycles. The monoisotopic (exact) mass is 251 g/mol. The predicted molar refractivity (Wildman–Crippen MR) is 57.9 cm³/mol. The van der Waals surface area contributed by atoms with Crippen LogP contribution in [0, 0.1) is 0 Å². The van der Waals surface area contributed by atoms with E-state index in [0.717, 1.165) is 23.0 Å². The average Bonchev–Trinajstić information content (AvgIpc) is 2.67. The molecule has 2 rings (SSSR count). The maximum Gasteiger partial charge on any atom is 0.0828 e. The Hall–Kier alpha value is -1.16. The maximum atomic E-state index is 4.01. The standard InChI is InChI=1S/C10H10BrN3/c11-9-3-1-2-8(6-9)4-5-10-7-12-14-13-10/h1-3,6-7H,4-5H2,(H,12,13,14). The van der Waals surface area contributed by atoms with Gasteiger partial charge in [-0.25, -0.2) is 0 Å². The highest BCUT2D eigenvalue weighted by Gasteiger charge is 1.98. The molecule has 72 valence electrons. The third-order valence-corrected chi connectivity index (χ3v) is 2.52. The summed E-state index contributed by atoms with van der Waals surface area (Å²) in [6.45, 7) is 0. The molecule has 0 spiro atoms. The summed E-state index contributed by atoms with van der Waals surface area (Å²) in [4.78, 5) is 0. The SMILES string of the molecule is Brc1cccc(CCc2cn[nH]n2)c1. The van der Waals surface area contributed by atoms with E-state index in [4.69, 9.17) is 0 Å². The van der Waals surface area contributed by atoms with Crippen molar-refractivity contribution in [1.29, 1.82) is 0 Å². The maximum absolute atomic E-state index is 4.01. The average molecular weight is 252 g/mol. The van der Waals surface area contributed by atoms with Crippen molar-refractivity contribution in [2.45, 2.75) is 12.8 Å². The topological polar surface area (TPSA) is 41.6 Å². The van der Waals surface area contributed by atoms with Gasteiger partial charge in [0.05, 0.1) is 11.9 Å². The smallest absolute Gasteiger partial charge is 0.0828 e. The first kappa shape index (κ1) is 9.40. The zero-order valence-electron chi connectivity index (χ0n) is 7.57. The molecule has 0 fully saturated rings. The molecule has 0 atom stereocenters. The van der Waals surface area contributed by atoms with Crippen LogP contribution in [0.15, 0.2) is 34.9 Å². The predicted octanol–water partition coefficient (Wildman–Crippen LogP) is 2.35. The van der Waals surface area contributed by atoms with Gasteiger partial charge in [-0.1, -0.05) is 28.1 Å². The van der Waals surface area contributed by atoms with Crippen LogP contribution in [0.1, 0.15) is 11.3 Å². The lowest BCUT2D eigenvalue weighted by atomic mass is 10.1. The molecule has 2 aromatic rings. The molecule has 3 nitrogen and oxygen atoms in total. The van der Waals surface area contributed by atoms with Gasteiger partial charge in [0.15, 0.2) is 0 Å². The lowest BCUT2D eigenvalue weighted by Gasteiger charge is -1.99. The molecular weight excluding hydrogens is 242 g/mol. The summed E-state index contributed by atoms with van der Waals surface area (Å²) in [5.74, 6) is 0. The minimum Gasteiger partial charge on any atom is -0.198 e. The van der Waals surface area contributed by atoms with Gasteiger partial charge >= 0.3 is 0 Å². The van der Waals surface area contributed by atoms with Crippen LogP contribution in [-0.2, 0) is 12.8 Å². The number of aromatic nitrogens is 3. The highest BCUT2D eigenvalue weighted by molar-refractivity contribution is 9.10. The van der Waals surface area contributed by atoms with Crippen LogP contribution in [0.4, 0.5) is 0 Å². The molecule has 14 heavy (non-hydrogen) atoms. The van der Waals surface area contributed by atoms with Crippen molar-refractivity contribution < 1.29 is 0 Å². The molecule has 1 N–H and O–H groups in total. The molecule has 4 heteroatoms. The van der Waals surface area contributed by atoms with E-state index in [2.05, 4.69) is 43.5 Å². The van der Waals surface area contributed by atoms with E-state index >= 15 is 0 Å². The minimum absolute atomic E-state index is 0.924. The number of H-pyrrole nitrogens is 1. The first-order chi connectivity index (χ1) is 6.84. The van der Waals surface area contributed by atoms with Gasteiger partial charge in [-0.3, -0.25) is 0 Å². The van der Waals surface area contributed by atoms with Crippen LogP contribution in [-0.4, -0.2) is 15.4 Å². The van der Waals surface area contributed by atoms with Crippen LogP contribution in [0.2, 0.25) is 0 Å². The Morgan fingerprint density at radius 2 is 2.21 bits per heavy atom. The van der Waals surface area contributed by atoms with Crippen LogP contribution in [0.25, 0.3) is 0 Å². The Labute approximate surface area is 90.7 Å². The van der Waals surface area contributed by atoms with Gasteiger partial charge in [-0.05, 0) is 30.5 Å². The molecular formula is C10H10BrN3. The van der Waals surface area contributed by atoms with Crippen LogP contribution in [0.5, 0.6) is 0 Å². The number of hydrogen-bond donors (Lipinski definition) is 1. The van der Waals surface area contributed by atoms with Gasteiger partial charge < -0.3 is 0 Å². The van der Waals surface area contributed by atoms with Gasteiger partial charge in [0.2, 0.25) is 0 Å². The van der Waals surface area contributed by atoms with Crippen molar-refractivity contribution >= 4 is 15.9 Å². The third-order valence-electron chi connectivity index (χ3n) is 2.02. The van der Waals surface area contributed by atoms with E-state index in [1.807, 2.05) is 12.1 Å². The fraction of sp³-hybridized carbons (Fsp3) is 0.200. The number of nitrogens with one attached hydrogen (secondary N) is 1. The van der Waals surface area contributed by atoms with Crippen molar-refractivity contribution in [3.8, 4) is 0 Å². The summed E-state index contributed by atoms with van der Waals surface area (Å²) < 4.78 is 1.12. The molecule has 0 aliphatic carbocycles. The summed E-state index contributed by atoms with van der Waals surface area (Å²) in [6, 6.07) is 8.31. The molecule has 0 aliphatic rings. The molecule has 0 saturated carbocycles. The van der Waals surface area contributed by atoms with Gasteiger partial charge in [-0.2, -0.15) is 15.4 Å². The largest absolute Gasteiger partial charge is 0.198 e. The molecule has 0 saturated heterocycles. The normalized spacial score (nSPS) is 10.4. The van der Waals surface area contributed by atoms with Crippen molar-refractivity contribution in [3.63, 3.8) is 0 Å². The van der Waals surface area contributed by atoms with E-state index < -0.39 is 0 Å². The van der Waals surface area contributed by atoms with Gasteiger partial charge in [0, 0.05) is 4.47 Å². The van der Waals surface area contributed by atoms with Crippen LogP contribution >= 0.6 is 15.9 Å². The van der Waals surface area contributed by atoms with Crippen molar-refractivity contribution in [2.24, 2.45) is 0 Å². The van der Waals surface area contributed by atoms with E-state index in [0.29, 0.717) is 0 Å². The zero-order chi connectivity index (χ0) is 9.80. The Morgan fingerprint density at radius 3 is 2.93 bits per heavy atom. The molecule has 0 radical (unpaired) electrons. The highest BCUT2D eigenvalue weighted by Crippen LogP contribution is 2.13. The number of rotatable bonds is 3. The van der Waals surface area contributed by atoms with Crippen molar-refractivity contribution in [1.82, 2.24) is 15.4 Å². The van der Waals surface area contributed by atoms with Gasteiger partial charge in [-0.15, -0.1) is 0 Å². The fourth-order valence-corrected chi connectivity index (χ4v) is 1.76. The lowest BCUT2D eigenvalue weighted by Crippen LogP contribution is -1.91. The summed E-state index contributed by atoms with van der Waals surface area (Å²) in [7, 11) is 0. The lowest BCUT2D eigenvalue weighted by molar-refractivity contribution is 0.871. The summed E-state index contributed by atoms with van der Waals surface area (Å²) >= 11 is 3.45. The second kappa shape index (κ2) is 4.37. The number of hydrogen-bond acceptors (Lipinski definition) is 2. The number of halogens is 1. The summed E-state index contributed by atoms with van der Waals surface area (Å²) in [6.07, 6.45) is 3.68. The quantitative estimate of drug-likeness (QED) is 0.910. The van der Waals surface area contributed by atoms with Crippen LogP contribution < -0.4 is 0 Å². The Morgan fingerprint density at radius 1 is 1.29 bits per heavy atom. The Bertz CT molecular complexity index is 398. The second-order valence-electron chi connectivity index (χ2n) is 3.09. The summed E-state index contributed by atoms with van der Waals surface area (Å²) in [5.41, 5.74) is 2.31. The summed E-state index contributed by atoms with van der Waals surface area (Å²) in [5, 5.41) is 10.4. The van der Waals surface area contributed by atoms with Gasteiger partial charge in [0.25, 0.3) is 0 Å². The van der Waals surface area contributed by atoms with E-state index in [1.54, 1.807) is 6.20 Å². The van der Waals surface area contributed by atoms with Gasteiger partial charge in [0.1, 0.15) is 0 Å².